The molecule has 170 valence electrons. The molecular formula is C19H23F4N5OS2. The number of halogens is 4. The molecule has 6 nitrogen and oxygen atoms in total. The summed E-state index contributed by atoms with van der Waals surface area (Å²) in [7, 11) is 0.0926. The Morgan fingerprint density at radius 1 is 1.42 bits per heavy atom. The molecule has 31 heavy (non-hydrogen) atoms. The monoisotopic (exact) mass is 477 g/mol. The van der Waals surface area contributed by atoms with Crippen LogP contribution in [-0.4, -0.2) is 45.0 Å². The van der Waals surface area contributed by atoms with E-state index in [1.165, 1.54) is 10.4 Å². The minimum Gasteiger partial charge on any atom is -0.369 e. The number of hydrogen-bond acceptors (Lipinski definition) is 6. The Balaban J connectivity index is 1.85. The van der Waals surface area contributed by atoms with E-state index in [1.807, 2.05) is 0 Å². The molecule has 3 rings (SSSR count). The average molecular weight is 478 g/mol. The van der Waals surface area contributed by atoms with Crippen LogP contribution in [0.1, 0.15) is 25.0 Å². The first kappa shape index (κ1) is 23.6. The van der Waals surface area contributed by atoms with Gasteiger partial charge < -0.3 is 10.5 Å². The molecule has 3 unspecified atom stereocenters. The van der Waals surface area contributed by atoms with Gasteiger partial charge in [0.1, 0.15) is 27.4 Å². The maximum Gasteiger partial charge on any atom is 0.396 e. The van der Waals surface area contributed by atoms with Gasteiger partial charge in [-0.2, -0.15) is 13.2 Å². The molecule has 0 aliphatic carbocycles. The van der Waals surface area contributed by atoms with Crippen molar-refractivity contribution in [3.8, 4) is 0 Å². The molecule has 2 aliphatic rings. The lowest BCUT2D eigenvalue weighted by atomic mass is 9.91. The standard InChI is InChI=1S/C19H23F4N5OS2/c1-4-11-7-13(27-30-15-6-5-12(9-25-15)19(21,22)23)8-14(16(11)20)18(2)10-31(29)28(3)17(24)26-18/h5-8,12,27H,4,9-10H2,1-3H3,(H2,24,26). The van der Waals surface area contributed by atoms with Crippen LogP contribution in [0.5, 0.6) is 0 Å². The van der Waals surface area contributed by atoms with Gasteiger partial charge in [0.2, 0.25) is 5.96 Å². The van der Waals surface area contributed by atoms with Gasteiger partial charge in [0, 0.05) is 30.2 Å². The van der Waals surface area contributed by atoms with Crippen molar-refractivity contribution in [2.24, 2.45) is 21.6 Å². The van der Waals surface area contributed by atoms with E-state index < -0.39 is 34.4 Å². The summed E-state index contributed by atoms with van der Waals surface area (Å²) in [6.45, 7) is 3.10. The minimum absolute atomic E-state index is 0.0539. The number of guanidine groups is 1. The highest BCUT2D eigenvalue weighted by Gasteiger charge is 2.39. The molecule has 0 saturated carbocycles. The number of benzene rings is 1. The Morgan fingerprint density at radius 2 is 2.13 bits per heavy atom. The average Bonchev–Trinajstić information content (AvgIpc) is 2.70. The second-order valence-corrected chi connectivity index (χ2v) is 9.75. The van der Waals surface area contributed by atoms with E-state index in [2.05, 4.69) is 14.7 Å². The molecule has 0 spiro atoms. The molecule has 2 aliphatic heterocycles. The number of nitrogens with two attached hydrogens (primary N) is 1. The van der Waals surface area contributed by atoms with Crippen LogP contribution in [0.4, 0.5) is 23.2 Å². The fraction of sp³-hybridized carbons (Fsp3) is 0.474. The molecule has 0 fully saturated rings. The van der Waals surface area contributed by atoms with Crippen LogP contribution in [0, 0.1) is 11.7 Å². The van der Waals surface area contributed by atoms with E-state index in [4.69, 9.17) is 5.73 Å². The van der Waals surface area contributed by atoms with E-state index in [1.54, 1.807) is 33.0 Å². The van der Waals surface area contributed by atoms with Crippen molar-refractivity contribution < 1.29 is 21.8 Å². The van der Waals surface area contributed by atoms with Crippen molar-refractivity contribution in [2.75, 3.05) is 24.1 Å². The molecule has 3 atom stereocenters. The third-order valence-corrected chi connectivity index (χ3v) is 7.53. The van der Waals surface area contributed by atoms with Crippen molar-refractivity contribution in [3.05, 3.63) is 41.2 Å². The van der Waals surface area contributed by atoms with Crippen LogP contribution >= 0.6 is 11.9 Å². The highest BCUT2D eigenvalue weighted by atomic mass is 32.2. The summed E-state index contributed by atoms with van der Waals surface area (Å²) in [6.07, 6.45) is -1.52. The van der Waals surface area contributed by atoms with Crippen molar-refractivity contribution in [1.82, 2.24) is 4.31 Å². The number of rotatable bonds is 4. The van der Waals surface area contributed by atoms with Crippen molar-refractivity contribution in [2.45, 2.75) is 32.0 Å². The van der Waals surface area contributed by atoms with Gasteiger partial charge in [-0.15, -0.1) is 0 Å². The van der Waals surface area contributed by atoms with Gasteiger partial charge in [0.25, 0.3) is 0 Å². The SMILES string of the molecule is CCc1cc(NSC2=NCC(C(F)(F)F)C=C2)cc(C2(C)CS(=O)N(C)C(N)=N2)c1F. The number of hydrogen-bond donors (Lipinski definition) is 2. The molecule has 0 radical (unpaired) electrons. The van der Waals surface area contributed by atoms with Crippen LogP contribution in [-0.2, 0) is 22.9 Å². The van der Waals surface area contributed by atoms with E-state index >= 15 is 4.39 Å². The molecule has 1 aromatic rings. The minimum atomic E-state index is -4.32. The summed E-state index contributed by atoms with van der Waals surface area (Å²) < 4.78 is 70.2. The summed E-state index contributed by atoms with van der Waals surface area (Å²) in [5.74, 6) is -1.91. The second kappa shape index (κ2) is 8.81. The van der Waals surface area contributed by atoms with Crippen LogP contribution in [0.15, 0.2) is 34.3 Å². The summed E-state index contributed by atoms with van der Waals surface area (Å²) in [5, 5.41) is 0.387. The van der Waals surface area contributed by atoms with Crippen molar-refractivity contribution >= 4 is 39.6 Å². The van der Waals surface area contributed by atoms with Gasteiger partial charge in [0.15, 0.2) is 0 Å². The maximum atomic E-state index is 15.2. The fourth-order valence-electron chi connectivity index (χ4n) is 3.22. The van der Waals surface area contributed by atoms with Crippen LogP contribution in [0.2, 0.25) is 0 Å². The largest absolute Gasteiger partial charge is 0.396 e. The summed E-state index contributed by atoms with van der Waals surface area (Å²) in [5.41, 5.74) is 5.96. The number of nitrogens with zero attached hydrogens (tertiary/aromatic N) is 3. The predicted molar refractivity (Wildman–Crippen MR) is 118 cm³/mol. The Bertz CT molecular complexity index is 979. The van der Waals surface area contributed by atoms with Gasteiger partial charge in [-0.05, 0) is 37.1 Å². The lowest BCUT2D eigenvalue weighted by Gasteiger charge is -2.34. The lowest BCUT2D eigenvalue weighted by molar-refractivity contribution is -0.158. The molecule has 1 aromatic carbocycles. The first-order valence-electron chi connectivity index (χ1n) is 9.47. The summed E-state index contributed by atoms with van der Waals surface area (Å²) in [6, 6.07) is 3.19. The number of dihydropyridines is 1. The van der Waals surface area contributed by atoms with Gasteiger partial charge in [0.05, 0.1) is 18.2 Å². The topological polar surface area (TPSA) is 83.1 Å². The smallest absolute Gasteiger partial charge is 0.369 e. The third kappa shape index (κ3) is 5.05. The van der Waals surface area contributed by atoms with Crippen LogP contribution in [0.3, 0.4) is 0 Å². The van der Waals surface area contributed by atoms with Gasteiger partial charge in [-0.3, -0.25) is 9.30 Å². The number of anilines is 1. The zero-order valence-electron chi connectivity index (χ0n) is 17.2. The number of nitrogens with one attached hydrogen (secondary N) is 1. The summed E-state index contributed by atoms with van der Waals surface area (Å²) >= 11 is 1.04. The number of aliphatic imine (C=N–C) groups is 2. The quantitative estimate of drug-likeness (QED) is 0.511. The first-order chi connectivity index (χ1) is 14.4. The predicted octanol–water partition coefficient (Wildman–Crippen LogP) is 3.73. The lowest BCUT2D eigenvalue weighted by Crippen LogP contribution is -2.47. The molecule has 0 aromatic heterocycles. The van der Waals surface area contributed by atoms with Crippen molar-refractivity contribution in [3.63, 3.8) is 0 Å². The maximum absolute atomic E-state index is 15.2. The first-order valence-corrected chi connectivity index (χ1v) is 11.6. The van der Waals surface area contributed by atoms with E-state index in [0.29, 0.717) is 22.7 Å². The molecular weight excluding hydrogens is 454 g/mol. The zero-order chi connectivity index (χ0) is 23.0. The van der Waals surface area contributed by atoms with Gasteiger partial charge >= 0.3 is 6.18 Å². The Morgan fingerprint density at radius 3 is 2.68 bits per heavy atom. The van der Waals surface area contributed by atoms with E-state index in [9.17, 15) is 17.4 Å². The number of aryl methyl sites for hydroxylation is 1. The van der Waals surface area contributed by atoms with E-state index in [-0.39, 0.29) is 23.8 Å². The van der Waals surface area contributed by atoms with Crippen LogP contribution < -0.4 is 10.5 Å². The Kier molecular flexibility index (Phi) is 6.70. The summed E-state index contributed by atoms with van der Waals surface area (Å²) in [4.78, 5) is 8.34. The number of alkyl halides is 3. The van der Waals surface area contributed by atoms with Crippen LogP contribution in [0.25, 0.3) is 0 Å². The zero-order valence-corrected chi connectivity index (χ0v) is 18.8. The fourth-order valence-corrected chi connectivity index (χ4v) is 4.99. The molecule has 0 bridgehead atoms. The van der Waals surface area contributed by atoms with Gasteiger partial charge in [-0.1, -0.05) is 13.0 Å². The second-order valence-electron chi connectivity index (χ2n) is 7.45. The molecule has 12 heteroatoms. The normalized spacial score (nSPS) is 26.5. The molecule has 0 saturated heterocycles. The van der Waals surface area contributed by atoms with Crippen molar-refractivity contribution in [1.29, 1.82) is 0 Å². The third-order valence-electron chi connectivity index (χ3n) is 5.11. The highest BCUT2D eigenvalue weighted by molar-refractivity contribution is 8.15. The Labute approximate surface area is 184 Å². The van der Waals surface area contributed by atoms with Gasteiger partial charge in [-0.25, -0.2) is 13.6 Å². The molecule has 2 heterocycles. The Hall–Kier alpha value is -2.08. The molecule has 0 amide bonds. The highest BCUT2D eigenvalue weighted by Crippen LogP contribution is 2.36. The molecule has 3 N–H and O–H groups in total. The van der Waals surface area contributed by atoms with E-state index in [0.717, 1.165) is 18.0 Å².